The highest BCUT2D eigenvalue weighted by Gasteiger charge is 2.27. The molecular formula is C11H9F3N2O3. The molecule has 2 aromatic rings. The number of alkyl halides is 3. The maximum absolute atomic E-state index is 12.0. The first-order valence-corrected chi connectivity index (χ1v) is 5.25. The Kier molecular flexibility index (Phi) is 3.43. The van der Waals surface area contributed by atoms with Crippen LogP contribution in [0.1, 0.15) is 0 Å². The largest absolute Gasteiger partial charge is 0.411 e. The maximum Gasteiger partial charge on any atom is 0.411 e. The van der Waals surface area contributed by atoms with E-state index in [4.69, 9.17) is 0 Å². The Balaban J connectivity index is 2.26. The highest BCUT2D eigenvalue weighted by Crippen LogP contribution is 2.26. The number of ether oxygens (including phenoxy) is 1. The SMILES string of the molecule is O=[N+]([O-])c1cccc2ccn(COCC(F)(F)F)c12. The van der Waals surface area contributed by atoms with Gasteiger partial charge in [0, 0.05) is 17.6 Å². The number of benzene rings is 1. The highest BCUT2D eigenvalue weighted by molar-refractivity contribution is 5.88. The van der Waals surface area contributed by atoms with Crippen LogP contribution in [0.4, 0.5) is 18.9 Å². The predicted molar refractivity (Wildman–Crippen MR) is 60.6 cm³/mol. The zero-order chi connectivity index (χ0) is 14.0. The lowest BCUT2D eigenvalue weighted by Gasteiger charge is -2.09. The summed E-state index contributed by atoms with van der Waals surface area (Å²) in [7, 11) is 0. The molecule has 1 heterocycles. The zero-order valence-corrected chi connectivity index (χ0v) is 9.55. The number of nitro benzene ring substituents is 1. The minimum absolute atomic E-state index is 0.168. The first-order chi connectivity index (χ1) is 8.88. The number of halogens is 3. The summed E-state index contributed by atoms with van der Waals surface area (Å²) >= 11 is 0. The van der Waals surface area contributed by atoms with Crippen molar-refractivity contribution < 1.29 is 22.8 Å². The summed E-state index contributed by atoms with van der Waals surface area (Å²) in [5.41, 5.74) is 0.0767. The van der Waals surface area contributed by atoms with Crippen molar-refractivity contribution in [2.45, 2.75) is 12.9 Å². The summed E-state index contributed by atoms with van der Waals surface area (Å²) in [6.45, 7) is -1.79. The van der Waals surface area contributed by atoms with E-state index in [1.807, 2.05) is 0 Å². The van der Waals surface area contributed by atoms with Crippen molar-refractivity contribution in [2.75, 3.05) is 6.61 Å². The van der Waals surface area contributed by atoms with Gasteiger partial charge < -0.3 is 9.30 Å². The van der Waals surface area contributed by atoms with E-state index in [2.05, 4.69) is 4.74 Å². The van der Waals surface area contributed by atoms with Crippen molar-refractivity contribution in [3.05, 3.63) is 40.6 Å². The fourth-order valence-corrected chi connectivity index (χ4v) is 1.76. The second kappa shape index (κ2) is 4.88. The molecule has 19 heavy (non-hydrogen) atoms. The van der Waals surface area contributed by atoms with Gasteiger partial charge in [0.25, 0.3) is 5.69 Å². The van der Waals surface area contributed by atoms with Gasteiger partial charge in [-0.3, -0.25) is 10.1 Å². The third-order valence-corrected chi connectivity index (χ3v) is 2.46. The quantitative estimate of drug-likeness (QED) is 0.636. The molecule has 0 bridgehead atoms. The average Bonchev–Trinajstić information content (AvgIpc) is 2.70. The molecule has 0 spiro atoms. The predicted octanol–water partition coefficient (Wildman–Crippen LogP) is 3.09. The van der Waals surface area contributed by atoms with Crippen LogP contribution in [0.3, 0.4) is 0 Å². The minimum atomic E-state index is -4.42. The molecule has 0 aliphatic rings. The minimum Gasteiger partial charge on any atom is -0.351 e. The lowest BCUT2D eigenvalue weighted by atomic mass is 10.2. The van der Waals surface area contributed by atoms with Gasteiger partial charge >= 0.3 is 6.18 Å². The van der Waals surface area contributed by atoms with Crippen LogP contribution in [0.15, 0.2) is 30.5 Å². The molecule has 102 valence electrons. The third kappa shape index (κ3) is 3.02. The number of nitrogens with zero attached hydrogens (tertiary/aromatic N) is 2. The molecule has 0 saturated heterocycles. The van der Waals surface area contributed by atoms with Crippen LogP contribution in [0, 0.1) is 10.1 Å². The molecule has 1 aromatic heterocycles. The molecule has 5 nitrogen and oxygen atoms in total. The van der Waals surface area contributed by atoms with Gasteiger partial charge in [0.2, 0.25) is 0 Å². The van der Waals surface area contributed by atoms with Crippen molar-refractivity contribution in [1.29, 1.82) is 0 Å². The Morgan fingerprint density at radius 1 is 1.32 bits per heavy atom. The van der Waals surface area contributed by atoms with Crippen LogP contribution in [0.5, 0.6) is 0 Å². The number of para-hydroxylation sites is 1. The van der Waals surface area contributed by atoms with Crippen molar-refractivity contribution >= 4 is 16.6 Å². The van der Waals surface area contributed by atoms with E-state index in [-0.39, 0.29) is 11.2 Å². The standard InChI is InChI=1S/C11H9F3N2O3/c12-11(13,14)6-19-7-15-5-4-8-2-1-3-9(10(8)15)16(17)18/h1-5H,6-7H2. The van der Waals surface area contributed by atoms with Crippen LogP contribution >= 0.6 is 0 Å². The van der Waals surface area contributed by atoms with E-state index in [1.54, 1.807) is 12.1 Å². The smallest absolute Gasteiger partial charge is 0.351 e. The van der Waals surface area contributed by atoms with Crippen molar-refractivity contribution in [1.82, 2.24) is 4.57 Å². The van der Waals surface area contributed by atoms with E-state index in [9.17, 15) is 23.3 Å². The molecule has 0 aliphatic heterocycles. The lowest BCUT2D eigenvalue weighted by Crippen LogP contribution is -2.18. The molecule has 0 N–H and O–H groups in total. The summed E-state index contributed by atoms with van der Waals surface area (Å²) < 4.78 is 41.7. The number of non-ortho nitro benzene ring substituents is 1. The van der Waals surface area contributed by atoms with Gasteiger partial charge in [0.05, 0.1) is 4.92 Å². The number of hydrogen-bond donors (Lipinski definition) is 0. The second-order valence-corrected chi connectivity index (χ2v) is 3.85. The Labute approximate surface area is 105 Å². The highest BCUT2D eigenvalue weighted by atomic mass is 19.4. The zero-order valence-electron chi connectivity index (χ0n) is 9.55. The monoisotopic (exact) mass is 274 g/mol. The average molecular weight is 274 g/mol. The van der Waals surface area contributed by atoms with Gasteiger partial charge in [-0.2, -0.15) is 13.2 Å². The molecule has 0 radical (unpaired) electrons. The molecule has 2 rings (SSSR count). The van der Waals surface area contributed by atoms with Crippen LogP contribution in [0.2, 0.25) is 0 Å². The van der Waals surface area contributed by atoms with Gasteiger partial charge in [-0.1, -0.05) is 12.1 Å². The maximum atomic E-state index is 12.0. The lowest BCUT2D eigenvalue weighted by molar-refractivity contribution is -0.383. The summed E-state index contributed by atoms with van der Waals surface area (Å²) in [5.74, 6) is 0. The van der Waals surface area contributed by atoms with E-state index in [0.29, 0.717) is 5.39 Å². The van der Waals surface area contributed by atoms with Gasteiger partial charge in [-0.15, -0.1) is 0 Å². The van der Waals surface area contributed by atoms with Gasteiger partial charge in [0.15, 0.2) is 0 Å². The Morgan fingerprint density at radius 2 is 2.05 bits per heavy atom. The number of rotatable bonds is 4. The third-order valence-electron chi connectivity index (χ3n) is 2.46. The van der Waals surface area contributed by atoms with Crippen LogP contribution in [-0.4, -0.2) is 22.3 Å². The molecule has 0 unspecified atom stereocenters. The summed E-state index contributed by atoms with van der Waals surface area (Å²) in [5, 5.41) is 11.4. The van der Waals surface area contributed by atoms with Gasteiger partial charge in [-0.25, -0.2) is 0 Å². The Bertz CT molecular complexity index is 607. The van der Waals surface area contributed by atoms with E-state index in [1.165, 1.54) is 22.9 Å². The fraction of sp³-hybridized carbons (Fsp3) is 0.273. The molecule has 0 fully saturated rings. The van der Waals surface area contributed by atoms with Gasteiger partial charge in [0.1, 0.15) is 18.9 Å². The first-order valence-electron chi connectivity index (χ1n) is 5.25. The second-order valence-electron chi connectivity index (χ2n) is 3.85. The van der Waals surface area contributed by atoms with Crippen LogP contribution < -0.4 is 0 Å². The van der Waals surface area contributed by atoms with Crippen molar-refractivity contribution in [3.8, 4) is 0 Å². The number of hydrogen-bond acceptors (Lipinski definition) is 3. The Hall–Kier alpha value is -2.09. The van der Waals surface area contributed by atoms with E-state index in [0.717, 1.165) is 0 Å². The molecule has 1 aromatic carbocycles. The van der Waals surface area contributed by atoms with E-state index >= 15 is 0 Å². The molecule has 8 heteroatoms. The molecule has 0 atom stereocenters. The molecule has 0 amide bonds. The topological polar surface area (TPSA) is 57.3 Å². The summed E-state index contributed by atoms with van der Waals surface area (Å²) in [6.07, 6.45) is -2.97. The number of fused-ring (bicyclic) bond motifs is 1. The number of nitro groups is 1. The van der Waals surface area contributed by atoms with Crippen molar-refractivity contribution in [2.24, 2.45) is 0 Å². The van der Waals surface area contributed by atoms with Crippen molar-refractivity contribution in [3.63, 3.8) is 0 Å². The fourth-order valence-electron chi connectivity index (χ4n) is 1.76. The van der Waals surface area contributed by atoms with Gasteiger partial charge in [-0.05, 0) is 6.07 Å². The van der Waals surface area contributed by atoms with Crippen LogP contribution in [-0.2, 0) is 11.5 Å². The molecular weight excluding hydrogens is 265 g/mol. The van der Waals surface area contributed by atoms with Crippen LogP contribution in [0.25, 0.3) is 10.9 Å². The molecule has 0 aliphatic carbocycles. The first kappa shape index (κ1) is 13.3. The molecule has 0 saturated carbocycles. The van der Waals surface area contributed by atoms with E-state index < -0.39 is 24.4 Å². The summed E-state index contributed by atoms with van der Waals surface area (Å²) in [4.78, 5) is 10.3. The summed E-state index contributed by atoms with van der Waals surface area (Å²) in [6, 6.07) is 6.03. The number of aromatic nitrogens is 1. The normalized spacial score (nSPS) is 11.9. The Morgan fingerprint density at radius 3 is 2.68 bits per heavy atom.